The van der Waals surface area contributed by atoms with Gasteiger partial charge in [-0.05, 0) is 49.4 Å². The van der Waals surface area contributed by atoms with E-state index in [-0.39, 0.29) is 11.6 Å². The van der Waals surface area contributed by atoms with Gasteiger partial charge in [0.1, 0.15) is 5.69 Å². The van der Waals surface area contributed by atoms with Gasteiger partial charge in [-0.15, -0.1) is 0 Å². The zero-order valence-electron chi connectivity index (χ0n) is 21.6. The Bertz CT molecular complexity index is 1580. The molecule has 3 aromatic carbocycles. The average molecular weight is 540 g/mol. The van der Waals surface area contributed by atoms with Gasteiger partial charge in [-0.3, -0.25) is 19.7 Å². The third kappa shape index (κ3) is 7.04. The molecule has 2 amide bonds. The minimum absolute atomic E-state index is 0.0920. The molecular weight excluding hydrogens is 514 g/mol. The highest BCUT2D eigenvalue weighted by Crippen LogP contribution is 2.28. The van der Waals surface area contributed by atoms with Crippen LogP contribution in [0.2, 0.25) is 0 Å². The highest BCUT2D eigenvalue weighted by Gasteiger charge is 2.18. The summed E-state index contributed by atoms with van der Waals surface area (Å²) in [7, 11) is 0. The van der Waals surface area contributed by atoms with Gasteiger partial charge in [-0.25, -0.2) is 9.48 Å². The molecule has 0 aliphatic rings. The van der Waals surface area contributed by atoms with Crippen molar-refractivity contribution in [1.82, 2.24) is 9.78 Å². The number of carbonyl (C=O) groups excluding carboxylic acids is 3. The van der Waals surface area contributed by atoms with E-state index in [0.29, 0.717) is 28.2 Å². The molecule has 0 radical (unpaired) electrons. The van der Waals surface area contributed by atoms with E-state index in [1.165, 1.54) is 38.1 Å². The van der Waals surface area contributed by atoms with Crippen LogP contribution in [0.1, 0.15) is 19.4 Å². The van der Waals surface area contributed by atoms with E-state index >= 15 is 0 Å². The van der Waals surface area contributed by atoms with Crippen molar-refractivity contribution in [3.8, 4) is 16.9 Å². The first kappa shape index (κ1) is 27.5. The number of benzene rings is 3. The van der Waals surface area contributed by atoms with Crippen LogP contribution in [-0.4, -0.2) is 38.6 Å². The predicted molar refractivity (Wildman–Crippen MR) is 150 cm³/mol. The van der Waals surface area contributed by atoms with E-state index in [1.807, 2.05) is 30.3 Å². The smallest absolute Gasteiger partial charge is 0.331 e. The van der Waals surface area contributed by atoms with Crippen molar-refractivity contribution >= 4 is 40.9 Å². The number of para-hydroxylation sites is 1. The number of anilines is 2. The number of hydrogen-bond acceptors (Lipinski definition) is 7. The van der Waals surface area contributed by atoms with Gasteiger partial charge in [0.15, 0.2) is 6.10 Å². The highest BCUT2D eigenvalue weighted by atomic mass is 16.6. The summed E-state index contributed by atoms with van der Waals surface area (Å²) in [6.45, 7) is 2.83. The number of esters is 1. The van der Waals surface area contributed by atoms with Crippen LogP contribution in [0.5, 0.6) is 0 Å². The number of ether oxygens (including phenoxy) is 1. The molecule has 4 aromatic rings. The summed E-state index contributed by atoms with van der Waals surface area (Å²) in [6.07, 6.45) is 3.23. The number of nitro groups is 1. The summed E-state index contributed by atoms with van der Waals surface area (Å²) < 4.78 is 6.86. The van der Waals surface area contributed by atoms with E-state index in [9.17, 15) is 24.5 Å². The van der Waals surface area contributed by atoms with Crippen LogP contribution >= 0.6 is 0 Å². The summed E-state index contributed by atoms with van der Waals surface area (Å²) in [5, 5.41) is 21.2. The van der Waals surface area contributed by atoms with Crippen LogP contribution in [0.15, 0.2) is 91.1 Å². The molecule has 1 unspecified atom stereocenters. The molecule has 202 valence electrons. The standard InChI is InChI=1S/C29H25N5O6/c1-19(29(37)31-24-14-12-23(13-15-24)30-20(2)35)40-27(36)16-11-22-18-33(25-8-4-3-5-9-25)32-28(22)21-7-6-10-26(17-21)34(38)39/h3-19H,1-2H3,(H,30,35)(H,31,37). The molecular formula is C29H25N5O6. The van der Waals surface area contributed by atoms with E-state index < -0.39 is 22.9 Å². The summed E-state index contributed by atoms with van der Waals surface area (Å²) in [5.74, 6) is -1.51. The fourth-order valence-corrected chi connectivity index (χ4v) is 3.72. The topological polar surface area (TPSA) is 145 Å². The lowest BCUT2D eigenvalue weighted by Gasteiger charge is -2.12. The molecule has 0 saturated heterocycles. The Morgan fingerprint density at radius 1 is 0.975 bits per heavy atom. The third-order valence-corrected chi connectivity index (χ3v) is 5.63. The summed E-state index contributed by atoms with van der Waals surface area (Å²) in [6, 6.07) is 21.8. The van der Waals surface area contributed by atoms with Crippen LogP contribution in [0.4, 0.5) is 17.1 Å². The Kier molecular flexibility index (Phi) is 8.45. The second-order valence-corrected chi connectivity index (χ2v) is 8.68. The first-order valence-corrected chi connectivity index (χ1v) is 12.2. The van der Waals surface area contributed by atoms with Crippen LogP contribution in [0.3, 0.4) is 0 Å². The Morgan fingerprint density at radius 2 is 1.65 bits per heavy atom. The van der Waals surface area contributed by atoms with Gasteiger partial charge in [0.2, 0.25) is 5.91 Å². The van der Waals surface area contributed by atoms with Gasteiger partial charge in [0.05, 0.1) is 10.6 Å². The van der Waals surface area contributed by atoms with Gasteiger partial charge in [0.25, 0.3) is 11.6 Å². The molecule has 1 aromatic heterocycles. The Hall–Kier alpha value is -5.58. The quantitative estimate of drug-likeness (QED) is 0.132. The van der Waals surface area contributed by atoms with Crippen LogP contribution in [0.25, 0.3) is 23.0 Å². The largest absolute Gasteiger partial charge is 0.449 e. The average Bonchev–Trinajstić information content (AvgIpc) is 3.37. The molecule has 0 fully saturated rings. The lowest BCUT2D eigenvalue weighted by molar-refractivity contribution is -0.384. The first-order valence-electron chi connectivity index (χ1n) is 12.2. The number of nitrogens with one attached hydrogen (secondary N) is 2. The van der Waals surface area contributed by atoms with Crippen LogP contribution < -0.4 is 10.6 Å². The number of nitrogens with zero attached hydrogens (tertiary/aromatic N) is 3. The van der Waals surface area contributed by atoms with Gasteiger partial charge < -0.3 is 15.4 Å². The van der Waals surface area contributed by atoms with Crippen molar-refractivity contribution in [3.05, 3.63) is 107 Å². The van der Waals surface area contributed by atoms with Crippen molar-refractivity contribution in [2.75, 3.05) is 10.6 Å². The zero-order chi connectivity index (χ0) is 28.6. The Labute approximate surface area is 229 Å². The Morgan fingerprint density at radius 3 is 2.30 bits per heavy atom. The normalized spacial score (nSPS) is 11.6. The summed E-state index contributed by atoms with van der Waals surface area (Å²) in [5.41, 5.74) is 3.14. The summed E-state index contributed by atoms with van der Waals surface area (Å²) in [4.78, 5) is 47.0. The number of non-ortho nitro benzene ring substituents is 1. The number of nitro benzene ring substituents is 1. The minimum atomic E-state index is -1.10. The fraction of sp³-hybridized carbons (Fsp3) is 0.103. The molecule has 0 aliphatic heterocycles. The molecule has 40 heavy (non-hydrogen) atoms. The van der Waals surface area contributed by atoms with E-state index in [1.54, 1.807) is 47.3 Å². The molecule has 2 N–H and O–H groups in total. The van der Waals surface area contributed by atoms with E-state index in [4.69, 9.17) is 4.74 Å². The van der Waals surface area contributed by atoms with Crippen molar-refractivity contribution < 1.29 is 24.0 Å². The maximum Gasteiger partial charge on any atom is 0.331 e. The maximum atomic E-state index is 12.6. The third-order valence-electron chi connectivity index (χ3n) is 5.63. The lowest BCUT2D eigenvalue weighted by Crippen LogP contribution is -2.29. The van der Waals surface area contributed by atoms with Crippen molar-refractivity contribution in [1.29, 1.82) is 0 Å². The second kappa shape index (κ2) is 12.3. The molecule has 0 saturated carbocycles. The zero-order valence-corrected chi connectivity index (χ0v) is 21.6. The first-order chi connectivity index (χ1) is 19.2. The van der Waals surface area contributed by atoms with Crippen LogP contribution in [0, 0.1) is 10.1 Å². The lowest BCUT2D eigenvalue weighted by atomic mass is 10.1. The van der Waals surface area contributed by atoms with Crippen LogP contribution in [-0.2, 0) is 19.1 Å². The van der Waals surface area contributed by atoms with Crippen molar-refractivity contribution in [3.63, 3.8) is 0 Å². The molecule has 1 heterocycles. The van der Waals surface area contributed by atoms with E-state index in [2.05, 4.69) is 15.7 Å². The van der Waals surface area contributed by atoms with Gasteiger partial charge in [0, 0.05) is 53.8 Å². The van der Waals surface area contributed by atoms with Gasteiger partial charge in [-0.2, -0.15) is 5.10 Å². The fourth-order valence-electron chi connectivity index (χ4n) is 3.72. The molecule has 11 nitrogen and oxygen atoms in total. The van der Waals surface area contributed by atoms with Crippen molar-refractivity contribution in [2.24, 2.45) is 0 Å². The molecule has 4 rings (SSSR count). The monoisotopic (exact) mass is 539 g/mol. The molecule has 1 atom stereocenters. The predicted octanol–water partition coefficient (Wildman–Crippen LogP) is 4.99. The molecule has 0 aliphatic carbocycles. The number of hydrogen-bond donors (Lipinski definition) is 2. The number of aromatic nitrogens is 2. The molecule has 11 heteroatoms. The number of carbonyl (C=O) groups is 3. The second-order valence-electron chi connectivity index (χ2n) is 8.68. The van der Waals surface area contributed by atoms with E-state index in [0.717, 1.165) is 5.69 Å². The highest BCUT2D eigenvalue weighted by molar-refractivity contribution is 5.97. The van der Waals surface area contributed by atoms with Gasteiger partial charge >= 0.3 is 5.97 Å². The maximum absolute atomic E-state index is 12.6. The molecule has 0 spiro atoms. The van der Waals surface area contributed by atoms with Crippen molar-refractivity contribution in [2.45, 2.75) is 20.0 Å². The SMILES string of the molecule is CC(=O)Nc1ccc(NC(=O)C(C)OC(=O)C=Cc2cn(-c3ccccc3)nc2-c2cccc([N+](=O)[O-])c2)cc1. The minimum Gasteiger partial charge on any atom is -0.449 e. The number of rotatable bonds is 9. The molecule has 0 bridgehead atoms. The Balaban J connectivity index is 1.49. The summed E-state index contributed by atoms with van der Waals surface area (Å²) >= 11 is 0. The van der Waals surface area contributed by atoms with Gasteiger partial charge in [-0.1, -0.05) is 30.3 Å². The number of amides is 2.